The second-order valence-electron chi connectivity index (χ2n) is 3.06. The quantitative estimate of drug-likeness (QED) is 0.487. The van der Waals surface area contributed by atoms with Crippen molar-refractivity contribution < 1.29 is 14.3 Å². The first-order chi connectivity index (χ1) is 6.11. The van der Waals surface area contributed by atoms with Gasteiger partial charge in [-0.15, -0.1) is 0 Å². The second kappa shape index (κ2) is 4.02. The van der Waals surface area contributed by atoms with Crippen molar-refractivity contribution in [3.63, 3.8) is 0 Å². The second-order valence-corrected chi connectivity index (χ2v) is 3.06. The molecule has 1 aliphatic rings. The number of hydrogen-bond donors (Lipinski definition) is 1. The molecule has 5 nitrogen and oxygen atoms in total. The van der Waals surface area contributed by atoms with Gasteiger partial charge in [0.25, 0.3) is 5.91 Å². The van der Waals surface area contributed by atoms with Crippen LogP contribution in [0.5, 0.6) is 0 Å². The lowest BCUT2D eigenvalue weighted by molar-refractivity contribution is -0.155. The Balaban J connectivity index is 2.55. The largest absolute Gasteiger partial charge is 0.462 e. The van der Waals surface area contributed by atoms with Gasteiger partial charge in [-0.3, -0.25) is 9.59 Å². The van der Waals surface area contributed by atoms with Crippen molar-refractivity contribution >= 4 is 18.1 Å². The van der Waals surface area contributed by atoms with Gasteiger partial charge in [-0.2, -0.15) is 5.10 Å². The Labute approximate surface area is 76.1 Å². The van der Waals surface area contributed by atoms with Crippen LogP contribution >= 0.6 is 0 Å². The summed E-state index contributed by atoms with van der Waals surface area (Å²) < 4.78 is 4.90. The van der Waals surface area contributed by atoms with Crippen molar-refractivity contribution in [2.75, 3.05) is 0 Å². The molecule has 0 aromatic carbocycles. The lowest BCUT2D eigenvalue weighted by Crippen LogP contribution is -2.37. The molecule has 0 spiro atoms. The Hall–Kier alpha value is -1.39. The third-order valence-corrected chi connectivity index (χ3v) is 1.56. The van der Waals surface area contributed by atoms with Crippen molar-refractivity contribution in [1.82, 2.24) is 5.43 Å². The van der Waals surface area contributed by atoms with Gasteiger partial charge in [-0.25, -0.2) is 5.43 Å². The number of esters is 1. The third kappa shape index (κ3) is 2.54. The maximum Gasteiger partial charge on any atom is 0.319 e. The van der Waals surface area contributed by atoms with Crippen LogP contribution in [-0.2, 0) is 14.3 Å². The smallest absolute Gasteiger partial charge is 0.319 e. The van der Waals surface area contributed by atoms with E-state index in [1.807, 2.05) is 0 Å². The number of nitrogens with one attached hydrogen (secondary N) is 1. The molecule has 0 saturated heterocycles. The van der Waals surface area contributed by atoms with Gasteiger partial charge in [0.2, 0.25) is 0 Å². The van der Waals surface area contributed by atoms with E-state index in [2.05, 4.69) is 10.5 Å². The summed E-state index contributed by atoms with van der Waals surface area (Å²) in [4.78, 5) is 22.4. The molecule has 1 heterocycles. The molecule has 13 heavy (non-hydrogen) atoms. The first-order valence-corrected chi connectivity index (χ1v) is 4.13. The molecule has 0 aromatic rings. The van der Waals surface area contributed by atoms with Gasteiger partial charge >= 0.3 is 5.97 Å². The summed E-state index contributed by atoms with van der Waals surface area (Å²) in [7, 11) is 0. The fourth-order valence-electron chi connectivity index (χ4n) is 0.970. The van der Waals surface area contributed by atoms with Crippen molar-refractivity contribution in [1.29, 1.82) is 0 Å². The minimum Gasteiger partial charge on any atom is -0.462 e. The van der Waals surface area contributed by atoms with Crippen LogP contribution < -0.4 is 5.43 Å². The van der Waals surface area contributed by atoms with E-state index in [4.69, 9.17) is 4.74 Å². The maximum atomic E-state index is 11.3. The molecule has 0 aromatic heterocycles. The van der Waals surface area contributed by atoms with E-state index in [9.17, 15) is 9.59 Å². The van der Waals surface area contributed by atoms with Gasteiger partial charge in [0.1, 0.15) is 5.92 Å². The van der Waals surface area contributed by atoms with E-state index < -0.39 is 17.8 Å². The lowest BCUT2D eigenvalue weighted by Gasteiger charge is -2.16. The molecule has 1 N–H and O–H groups in total. The zero-order chi connectivity index (χ0) is 9.84. The highest BCUT2D eigenvalue weighted by atomic mass is 16.5. The molecule has 1 unspecified atom stereocenters. The lowest BCUT2D eigenvalue weighted by atomic mass is 10.1. The number of carbonyl (C=O) groups excluding carboxylic acids is 2. The highest BCUT2D eigenvalue weighted by Gasteiger charge is 2.29. The molecule has 5 heteroatoms. The van der Waals surface area contributed by atoms with Crippen LogP contribution in [0.4, 0.5) is 0 Å². The van der Waals surface area contributed by atoms with Crippen LogP contribution in [0.2, 0.25) is 0 Å². The summed E-state index contributed by atoms with van der Waals surface area (Å²) in [5.41, 5.74) is 2.22. The number of hydrazone groups is 1. The van der Waals surface area contributed by atoms with Gasteiger partial charge in [-0.1, -0.05) is 0 Å². The van der Waals surface area contributed by atoms with Crippen molar-refractivity contribution in [2.45, 2.75) is 26.4 Å². The monoisotopic (exact) mass is 184 g/mol. The molecular formula is C8H12N2O3. The number of carbonyl (C=O) groups is 2. The molecule has 0 radical (unpaired) electrons. The van der Waals surface area contributed by atoms with E-state index in [1.165, 1.54) is 6.21 Å². The minimum atomic E-state index is -0.736. The van der Waals surface area contributed by atoms with Crippen molar-refractivity contribution in [3.8, 4) is 0 Å². The number of hydrogen-bond acceptors (Lipinski definition) is 4. The topological polar surface area (TPSA) is 67.8 Å². The normalized spacial score (nSPS) is 21.5. The van der Waals surface area contributed by atoms with Crippen LogP contribution in [0, 0.1) is 5.92 Å². The zero-order valence-electron chi connectivity index (χ0n) is 7.61. The Morgan fingerprint density at radius 2 is 2.46 bits per heavy atom. The fraction of sp³-hybridized carbons (Fsp3) is 0.625. The molecule has 1 rings (SSSR count). The molecule has 1 atom stereocenters. The summed E-state index contributed by atoms with van der Waals surface area (Å²) in [5, 5.41) is 3.54. The van der Waals surface area contributed by atoms with Crippen LogP contribution in [-0.4, -0.2) is 24.2 Å². The van der Waals surface area contributed by atoms with Gasteiger partial charge in [0.15, 0.2) is 0 Å². The van der Waals surface area contributed by atoms with Gasteiger partial charge < -0.3 is 4.74 Å². The molecule has 0 aliphatic carbocycles. The highest BCUT2D eigenvalue weighted by Crippen LogP contribution is 2.09. The van der Waals surface area contributed by atoms with Crippen LogP contribution in [0.3, 0.4) is 0 Å². The molecule has 0 fully saturated rings. The predicted octanol–water partition coefficient (Wildman–Crippen LogP) is 0.0599. The van der Waals surface area contributed by atoms with E-state index in [1.54, 1.807) is 13.8 Å². The molecular weight excluding hydrogens is 172 g/mol. The van der Waals surface area contributed by atoms with Crippen molar-refractivity contribution in [3.05, 3.63) is 0 Å². The number of amides is 1. The van der Waals surface area contributed by atoms with E-state index >= 15 is 0 Å². The van der Waals surface area contributed by atoms with Gasteiger partial charge in [-0.05, 0) is 13.8 Å². The SMILES string of the molecule is CC(C)OC(=O)C1CC=NNC1=O. The maximum absolute atomic E-state index is 11.3. The summed E-state index contributed by atoms with van der Waals surface area (Å²) in [5.74, 6) is -1.62. The summed E-state index contributed by atoms with van der Waals surface area (Å²) in [6, 6.07) is 0. The zero-order valence-corrected chi connectivity index (χ0v) is 7.61. The Bertz CT molecular complexity index is 248. The highest BCUT2D eigenvalue weighted by molar-refractivity contribution is 6.01. The summed E-state index contributed by atoms with van der Waals surface area (Å²) in [6.07, 6.45) is 1.62. The van der Waals surface area contributed by atoms with E-state index in [0.29, 0.717) is 6.42 Å². The molecule has 1 aliphatic heterocycles. The standard InChI is InChI=1S/C8H12N2O3/c1-5(2)13-8(12)6-3-4-9-10-7(6)11/h4-6H,3H2,1-2H3,(H,10,11). The summed E-state index contributed by atoms with van der Waals surface area (Å²) in [6.45, 7) is 3.49. The average Bonchev–Trinajstić information content (AvgIpc) is 2.03. The third-order valence-electron chi connectivity index (χ3n) is 1.56. The molecule has 0 bridgehead atoms. The minimum absolute atomic E-state index is 0.195. The van der Waals surface area contributed by atoms with Crippen molar-refractivity contribution in [2.24, 2.45) is 11.0 Å². The van der Waals surface area contributed by atoms with Crippen LogP contribution in [0.1, 0.15) is 20.3 Å². The van der Waals surface area contributed by atoms with Crippen LogP contribution in [0.15, 0.2) is 5.10 Å². The average molecular weight is 184 g/mol. The molecule has 1 amide bonds. The Kier molecular flexibility index (Phi) is 3.00. The summed E-state index contributed by atoms with van der Waals surface area (Å²) >= 11 is 0. The first kappa shape index (κ1) is 9.70. The number of rotatable bonds is 2. The number of ether oxygens (including phenoxy) is 1. The number of nitrogens with zero attached hydrogens (tertiary/aromatic N) is 1. The first-order valence-electron chi connectivity index (χ1n) is 4.13. The fourth-order valence-corrected chi connectivity index (χ4v) is 0.970. The van der Waals surface area contributed by atoms with E-state index in [0.717, 1.165) is 0 Å². The van der Waals surface area contributed by atoms with E-state index in [-0.39, 0.29) is 6.10 Å². The molecule has 72 valence electrons. The predicted molar refractivity (Wildman–Crippen MR) is 46.0 cm³/mol. The Morgan fingerprint density at radius 1 is 1.77 bits per heavy atom. The van der Waals surface area contributed by atoms with Crippen LogP contribution in [0.25, 0.3) is 0 Å². The Morgan fingerprint density at radius 3 is 3.00 bits per heavy atom. The van der Waals surface area contributed by atoms with Gasteiger partial charge in [0, 0.05) is 12.6 Å². The van der Waals surface area contributed by atoms with Gasteiger partial charge in [0.05, 0.1) is 6.10 Å². The molecule has 0 saturated carbocycles.